The summed E-state index contributed by atoms with van der Waals surface area (Å²) >= 11 is 0. The van der Waals surface area contributed by atoms with E-state index in [1.54, 1.807) is 30.3 Å². The number of halogens is 1. The number of benzene rings is 2. The molecular formula is C16H16FNO3. The summed E-state index contributed by atoms with van der Waals surface area (Å²) in [5.41, 5.74) is 0.0181. The maximum absolute atomic E-state index is 13.7. The van der Waals surface area contributed by atoms with Gasteiger partial charge in [-0.3, -0.25) is 5.32 Å². The van der Waals surface area contributed by atoms with Crippen molar-refractivity contribution in [1.29, 1.82) is 0 Å². The number of rotatable bonds is 5. The number of carbonyl (C=O) groups is 1. The van der Waals surface area contributed by atoms with Gasteiger partial charge in [0.2, 0.25) is 0 Å². The molecule has 110 valence electrons. The maximum Gasteiger partial charge on any atom is 0.417 e. The van der Waals surface area contributed by atoms with Crippen LogP contribution in [-0.4, -0.2) is 12.7 Å². The second-order valence-electron chi connectivity index (χ2n) is 4.32. The lowest BCUT2D eigenvalue weighted by Gasteiger charge is -2.10. The van der Waals surface area contributed by atoms with Gasteiger partial charge in [-0.25, -0.2) is 9.18 Å². The molecule has 1 amide bonds. The molecule has 5 heteroatoms. The average Bonchev–Trinajstić information content (AvgIpc) is 2.49. The molecule has 4 nitrogen and oxygen atoms in total. The molecule has 21 heavy (non-hydrogen) atoms. The van der Waals surface area contributed by atoms with Gasteiger partial charge >= 0.3 is 6.09 Å². The zero-order valence-electron chi connectivity index (χ0n) is 11.6. The van der Waals surface area contributed by atoms with Crippen molar-refractivity contribution in [3.63, 3.8) is 0 Å². The van der Waals surface area contributed by atoms with Crippen LogP contribution in [0.4, 0.5) is 14.9 Å². The first-order valence-electron chi connectivity index (χ1n) is 6.65. The predicted molar refractivity (Wildman–Crippen MR) is 78.3 cm³/mol. The van der Waals surface area contributed by atoms with Gasteiger partial charge in [0.25, 0.3) is 0 Å². The van der Waals surface area contributed by atoms with E-state index in [1.165, 1.54) is 18.2 Å². The van der Waals surface area contributed by atoms with Crippen molar-refractivity contribution in [3.8, 4) is 11.5 Å². The maximum atomic E-state index is 13.7. The highest BCUT2D eigenvalue weighted by atomic mass is 19.1. The van der Waals surface area contributed by atoms with Gasteiger partial charge in [0, 0.05) is 6.07 Å². The van der Waals surface area contributed by atoms with Crippen molar-refractivity contribution in [2.75, 3.05) is 11.9 Å². The van der Waals surface area contributed by atoms with E-state index in [0.29, 0.717) is 18.1 Å². The van der Waals surface area contributed by atoms with E-state index < -0.39 is 11.9 Å². The third-order valence-electron chi connectivity index (χ3n) is 2.60. The molecule has 0 atom stereocenters. The van der Waals surface area contributed by atoms with E-state index in [9.17, 15) is 9.18 Å². The minimum Gasteiger partial charge on any atom is -0.494 e. The number of ether oxygens (including phenoxy) is 2. The summed E-state index contributed by atoms with van der Waals surface area (Å²) in [6.07, 6.45) is 0.0867. The fourth-order valence-corrected chi connectivity index (χ4v) is 1.64. The highest BCUT2D eigenvalue weighted by Gasteiger charge is 2.10. The summed E-state index contributed by atoms with van der Waals surface area (Å²) in [4.78, 5) is 11.7. The number of nitrogens with one attached hydrogen (secondary N) is 1. The van der Waals surface area contributed by atoms with E-state index in [4.69, 9.17) is 9.47 Å². The molecule has 0 aliphatic heterocycles. The summed E-state index contributed by atoms with van der Waals surface area (Å²) in [5.74, 6) is 0.325. The average molecular weight is 289 g/mol. The Bertz CT molecular complexity index is 602. The SMILES string of the molecule is CCCOc1ccc(F)c(NC(=O)Oc2ccccc2)c1. The number of hydrogen-bond acceptors (Lipinski definition) is 3. The van der Waals surface area contributed by atoms with Crippen LogP contribution in [0.3, 0.4) is 0 Å². The quantitative estimate of drug-likeness (QED) is 0.896. The van der Waals surface area contributed by atoms with Crippen molar-refractivity contribution in [1.82, 2.24) is 0 Å². The van der Waals surface area contributed by atoms with Gasteiger partial charge in [-0.05, 0) is 30.7 Å². The first-order chi connectivity index (χ1) is 10.2. The highest BCUT2D eigenvalue weighted by molar-refractivity contribution is 5.86. The molecule has 0 aliphatic rings. The van der Waals surface area contributed by atoms with Crippen LogP contribution in [0, 0.1) is 5.82 Å². The zero-order valence-corrected chi connectivity index (χ0v) is 11.6. The van der Waals surface area contributed by atoms with Crippen LogP contribution in [0.15, 0.2) is 48.5 Å². The molecule has 0 bridgehead atoms. The van der Waals surface area contributed by atoms with Crippen LogP contribution in [0.5, 0.6) is 11.5 Å². The lowest BCUT2D eigenvalue weighted by molar-refractivity contribution is 0.215. The molecule has 2 aromatic carbocycles. The minimum absolute atomic E-state index is 0.0181. The van der Waals surface area contributed by atoms with Gasteiger partial charge in [0.05, 0.1) is 12.3 Å². The van der Waals surface area contributed by atoms with Crippen molar-refractivity contribution >= 4 is 11.8 Å². The molecule has 0 saturated carbocycles. The topological polar surface area (TPSA) is 47.6 Å². The second kappa shape index (κ2) is 7.28. The van der Waals surface area contributed by atoms with Crippen molar-refractivity contribution in [3.05, 3.63) is 54.3 Å². The summed E-state index contributed by atoms with van der Waals surface area (Å²) in [5, 5.41) is 2.36. The fourth-order valence-electron chi connectivity index (χ4n) is 1.64. The standard InChI is InChI=1S/C16H16FNO3/c1-2-10-20-13-8-9-14(17)15(11-13)18-16(19)21-12-6-4-3-5-7-12/h3-9,11H,2,10H2,1H3,(H,18,19). The van der Waals surface area contributed by atoms with E-state index in [-0.39, 0.29) is 5.69 Å². The molecule has 1 N–H and O–H groups in total. The van der Waals surface area contributed by atoms with Crippen LogP contribution in [0.25, 0.3) is 0 Å². The number of hydrogen-bond donors (Lipinski definition) is 1. The Balaban J connectivity index is 2.02. The van der Waals surface area contributed by atoms with Crippen LogP contribution < -0.4 is 14.8 Å². The summed E-state index contributed by atoms with van der Waals surface area (Å²) in [6.45, 7) is 2.50. The fraction of sp³-hybridized carbons (Fsp3) is 0.188. The predicted octanol–water partition coefficient (Wildman–Crippen LogP) is 4.23. The molecule has 0 aliphatic carbocycles. The summed E-state index contributed by atoms with van der Waals surface area (Å²) in [6, 6.07) is 12.7. The first-order valence-corrected chi connectivity index (χ1v) is 6.65. The Morgan fingerprint density at radius 2 is 1.90 bits per heavy atom. The van der Waals surface area contributed by atoms with Crippen molar-refractivity contribution in [2.45, 2.75) is 13.3 Å². The Hall–Kier alpha value is -2.56. The Morgan fingerprint density at radius 3 is 2.62 bits per heavy atom. The monoisotopic (exact) mass is 289 g/mol. The van der Waals surface area contributed by atoms with Gasteiger partial charge in [0.15, 0.2) is 0 Å². The summed E-state index contributed by atoms with van der Waals surface area (Å²) < 4.78 is 24.1. The molecule has 2 aromatic rings. The van der Waals surface area contributed by atoms with Crippen LogP contribution in [0.2, 0.25) is 0 Å². The Kier molecular flexibility index (Phi) is 5.15. The van der Waals surface area contributed by atoms with Gasteiger partial charge in [0.1, 0.15) is 17.3 Å². The van der Waals surface area contributed by atoms with Crippen molar-refractivity contribution < 1.29 is 18.7 Å². The van der Waals surface area contributed by atoms with Gasteiger partial charge in [-0.15, -0.1) is 0 Å². The van der Waals surface area contributed by atoms with E-state index in [2.05, 4.69) is 5.32 Å². The molecule has 0 unspecified atom stereocenters. The Morgan fingerprint density at radius 1 is 1.14 bits per heavy atom. The third-order valence-corrected chi connectivity index (χ3v) is 2.60. The highest BCUT2D eigenvalue weighted by Crippen LogP contribution is 2.22. The normalized spacial score (nSPS) is 10.0. The number of para-hydroxylation sites is 1. The first kappa shape index (κ1) is 14.8. The van der Waals surface area contributed by atoms with E-state index >= 15 is 0 Å². The second-order valence-corrected chi connectivity index (χ2v) is 4.32. The number of anilines is 1. The largest absolute Gasteiger partial charge is 0.494 e. The van der Waals surface area contributed by atoms with Crippen LogP contribution in [-0.2, 0) is 0 Å². The lowest BCUT2D eigenvalue weighted by Crippen LogP contribution is -2.17. The third kappa shape index (κ3) is 4.49. The van der Waals surface area contributed by atoms with Crippen LogP contribution >= 0.6 is 0 Å². The lowest BCUT2D eigenvalue weighted by atomic mass is 10.3. The smallest absolute Gasteiger partial charge is 0.417 e. The molecule has 0 aromatic heterocycles. The van der Waals surface area contributed by atoms with Gasteiger partial charge in [-0.1, -0.05) is 25.1 Å². The minimum atomic E-state index is -0.757. The van der Waals surface area contributed by atoms with E-state index in [1.807, 2.05) is 6.92 Å². The van der Waals surface area contributed by atoms with Gasteiger partial charge < -0.3 is 9.47 Å². The zero-order chi connectivity index (χ0) is 15.1. The molecule has 0 heterocycles. The van der Waals surface area contributed by atoms with Crippen LogP contribution in [0.1, 0.15) is 13.3 Å². The molecule has 0 radical (unpaired) electrons. The molecule has 2 rings (SSSR count). The molecule has 0 spiro atoms. The molecule has 0 saturated heterocycles. The molecular weight excluding hydrogens is 273 g/mol. The Labute approximate surface area is 122 Å². The molecule has 0 fully saturated rings. The number of amides is 1. The van der Waals surface area contributed by atoms with Crippen molar-refractivity contribution in [2.24, 2.45) is 0 Å². The summed E-state index contributed by atoms with van der Waals surface area (Å²) in [7, 11) is 0. The van der Waals surface area contributed by atoms with Gasteiger partial charge in [-0.2, -0.15) is 0 Å². The van der Waals surface area contributed by atoms with E-state index in [0.717, 1.165) is 6.42 Å². The number of carbonyl (C=O) groups excluding carboxylic acids is 1.